The van der Waals surface area contributed by atoms with Crippen LogP contribution in [0.2, 0.25) is 0 Å². The Morgan fingerprint density at radius 1 is 1.38 bits per heavy atom. The zero-order chi connectivity index (χ0) is 15.9. The van der Waals surface area contributed by atoms with E-state index in [9.17, 15) is 0 Å². The molecule has 2 aromatic rings. The van der Waals surface area contributed by atoms with Crippen molar-refractivity contribution in [3.8, 4) is 0 Å². The summed E-state index contributed by atoms with van der Waals surface area (Å²) >= 11 is 0. The predicted molar refractivity (Wildman–Crippen MR) is 96.9 cm³/mol. The summed E-state index contributed by atoms with van der Waals surface area (Å²) in [5.74, 6) is 0.950. The van der Waals surface area contributed by atoms with Crippen LogP contribution in [0.4, 0.5) is 5.82 Å². The molecule has 0 bridgehead atoms. The Bertz CT molecular complexity index is 682. The maximum absolute atomic E-state index is 4.57. The van der Waals surface area contributed by atoms with E-state index in [1.807, 2.05) is 16.8 Å². The monoisotopic (exact) mass is 351 g/mol. The molecule has 24 heavy (non-hydrogen) atoms. The molecule has 2 aromatic heterocycles. The molecule has 2 atom stereocenters. The number of halogens is 1. The molecule has 2 saturated heterocycles. The second-order valence-corrected chi connectivity index (χ2v) is 7.33. The standard InChI is InChI=1S/C16H25N7.ClH/c1-13-9-21(11-16(2)3-4-17-10-16)7-8-23(13)14-15-20-19-12-22(15)6-5-18-14;/h5-6,12-13,17H,3-4,7-11H2,1-2H3;1H. The molecule has 1 N–H and O–H groups in total. The first kappa shape index (κ1) is 17.4. The minimum Gasteiger partial charge on any atom is -0.348 e. The lowest BCUT2D eigenvalue weighted by Gasteiger charge is -2.43. The number of rotatable bonds is 3. The van der Waals surface area contributed by atoms with E-state index >= 15 is 0 Å². The van der Waals surface area contributed by atoms with Gasteiger partial charge in [0.1, 0.15) is 6.33 Å². The second kappa shape index (κ2) is 6.82. The topological polar surface area (TPSA) is 61.6 Å². The highest BCUT2D eigenvalue weighted by Gasteiger charge is 2.34. The minimum atomic E-state index is 0. The van der Waals surface area contributed by atoms with E-state index in [0.717, 1.165) is 44.2 Å². The van der Waals surface area contributed by atoms with E-state index in [0.29, 0.717) is 11.5 Å². The van der Waals surface area contributed by atoms with Crippen LogP contribution in [0.1, 0.15) is 20.3 Å². The summed E-state index contributed by atoms with van der Waals surface area (Å²) in [6, 6.07) is 0.428. The Labute approximate surface area is 148 Å². The van der Waals surface area contributed by atoms with Gasteiger partial charge < -0.3 is 10.2 Å². The Hall–Kier alpha value is -1.44. The van der Waals surface area contributed by atoms with Crippen molar-refractivity contribution >= 4 is 23.9 Å². The Balaban J connectivity index is 0.00000169. The van der Waals surface area contributed by atoms with Gasteiger partial charge in [-0.05, 0) is 25.3 Å². The largest absolute Gasteiger partial charge is 0.348 e. The molecule has 132 valence electrons. The second-order valence-electron chi connectivity index (χ2n) is 7.33. The summed E-state index contributed by atoms with van der Waals surface area (Å²) < 4.78 is 1.94. The van der Waals surface area contributed by atoms with E-state index in [1.165, 1.54) is 13.0 Å². The summed E-state index contributed by atoms with van der Waals surface area (Å²) in [6.45, 7) is 11.3. The maximum atomic E-state index is 4.57. The molecule has 0 aromatic carbocycles. The normalized spacial score (nSPS) is 28.2. The number of nitrogens with one attached hydrogen (secondary N) is 1. The molecule has 0 spiro atoms. The van der Waals surface area contributed by atoms with Crippen LogP contribution in [0.25, 0.3) is 5.65 Å². The highest BCUT2D eigenvalue weighted by molar-refractivity contribution is 5.85. The lowest BCUT2D eigenvalue weighted by atomic mass is 9.89. The van der Waals surface area contributed by atoms with Gasteiger partial charge in [-0.3, -0.25) is 9.30 Å². The third kappa shape index (κ3) is 3.20. The fourth-order valence-electron chi connectivity index (χ4n) is 3.98. The number of hydrogen-bond acceptors (Lipinski definition) is 6. The van der Waals surface area contributed by atoms with Gasteiger partial charge in [-0.15, -0.1) is 22.6 Å². The summed E-state index contributed by atoms with van der Waals surface area (Å²) in [4.78, 5) is 9.55. The molecule has 0 saturated carbocycles. The molecule has 4 heterocycles. The van der Waals surface area contributed by atoms with Crippen LogP contribution in [-0.2, 0) is 0 Å². The molecular weight excluding hydrogens is 326 g/mol. The van der Waals surface area contributed by atoms with Crippen molar-refractivity contribution < 1.29 is 0 Å². The molecule has 4 rings (SSSR count). The lowest BCUT2D eigenvalue weighted by Crippen LogP contribution is -2.54. The SMILES string of the molecule is CC1CN(CC2(C)CCNC2)CCN1c1nccn2cnnc12.Cl. The van der Waals surface area contributed by atoms with Crippen molar-refractivity contribution in [2.75, 3.05) is 44.2 Å². The first-order valence-corrected chi connectivity index (χ1v) is 8.49. The van der Waals surface area contributed by atoms with Gasteiger partial charge >= 0.3 is 0 Å². The molecule has 0 aliphatic carbocycles. The van der Waals surface area contributed by atoms with Gasteiger partial charge in [0.05, 0.1) is 0 Å². The lowest BCUT2D eigenvalue weighted by molar-refractivity contribution is 0.154. The highest BCUT2D eigenvalue weighted by atomic mass is 35.5. The number of hydrogen-bond donors (Lipinski definition) is 1. The Morgan fingerprint density at radius 2 is 2.25 bits per heavy atom. The van der Waals surface area contributed by atoms with Crippen molar-refractivity contribution in [2.24, 2.45) is 5.41 Å². The van der Waals surface area contributed by atoms with Crippen LogP contribution < -0.4 is 10.2 Å². The minimum absolute atomic E-state index is 0. The van der Waals surface area contributed by atoms with Crippen LogP contribution in [0.3, 0.4) is 0 Å². The van der Waals surface area contributed by atoms with E-state index in [2.05, 4.69) is 44.1 Å². The third-order valence-corrected chi connectivity index (χ3v) is 5.24. The molecular formula is C16H26ClN7. The number of anilines is 1. The third-order valence-electron chi connectivity index (χ3n) is 5.24. The van der Waals surface area contributed by atoms with Crippen LogP contribution in [0.5, 0.6) is 0 Å². The molecule has 2 fully saturated rings. The van der Waals surface area contributed by atoms with E-state index in [4.69, 9.17) is 0 Å². The average Bonchev–Trinajstić information content (AvgIpc) is 3.16. The quantitative estimate of drug-likeness (QED) is 0.892. The average molecular weight is 352 g/mol. The van der Waals surface area contributed by atoms with Crippen molar-refractivity contribution in [3.05, 3.63) is 18.7 Å². The fourth-order valence-corrected chi connectivity index (χ4v) is 3.98. The van der Waals surface area contributed by atoms with Crippen molar-refractivity contribution in [3.63, 3.8) is 0 Å². The summed E-state index contributed by atoms with van der Waals surface area (Å²) in [5, 5.41) is 11.7. The molecule has 2 aliphatic rings. The van der Waals surface area contributed by atoms with Gasteiger partial charge in [-0.2, -0.15) is 0 Å². The molecule has 0 amide bonds. The van der Waals surface area contributed by atoms with Crippen molar-refractivity contribution in [2.45, 2.75) is 26.3 Å². The van der Waals surface area contributed by atoms with E-state index < -0.39 is 0 Å². The fraction of sp³-hybridized carbons (Fsp3) is 0.688. The van der Waals surface area contributed by atoms with Crippen molar-refractivity contribution in [1.82, 2.24) is 29.8 Å². The van der Waals surface area contributed by atoms with Crippen molar-refractivity contribution in [1.29, 1.82) is 0 Å². The number of fused-ring (bicyclic) bond motifs is 1. The zero-order valence-electron chi connectivity index (χ0n) is 14.4. The van der Waals surface area contributed by atoms with Crippen LogP contribution >= 0.6 is 12.4 Å². The number of nitrogens with zero attached hydrogens (tertiary/aromatic N) is 6. The molecule has 2 unspecified atom stereocenters. The number of aromatic nitrogens is 4. The smallest absolute Gasteiger partial charge is 0.203 e. The van der Waals surface area contributed by atoms with Crippen LogP contribution in [0, 0.1) is 5.41 Å². The van der Waals surface area contributed by atoms with Gasteiger partial charge in [0.15, 0.2) is 5.82 Å². The van der Waals surface area contributed by atoms with Gasteiger partial charge in [0.2, 0.25) is 5.65 Å². The van der Waals surface area contributed by atoms with Gasteiger partial charge in [0, 0.05) is 51.2 Å². The van der Waals surface area contributed by atoms with Crippen LogP contribution in [-0.4, -0.2) is 69.8 Å². The summed E-state index contributed by atoms with van der Waals surface area (Å²) in [7, 11) is 0. The summed E-state index contributed by atoms with van der Waals surface area (Å²) in [5.41, 5.74) is 1.27. The molecule has 2 aliphatic heterocycles. The number of piperazine rings is 1. The predicted octanol–water partition coefficient (Wildman–Crippen LogP) is 1.06. The van der Waals surface area contributed by atoms with Gasteiger partial charge in [-0.1, -0.05) is 6.92 Å². The first-order chi connectivity index (χ1) is 11.1. The zero-order valence-corrected chi connectivity index (χ0v) is 15.2. The Morgan fingerprint density at radius 3 is 3.00 bits per heavy atom. The molecule has 7 nitrogen and oxygen atoms in total. The van der Waals surface area contributed by atoms with Gasteiger partial charge in [0.25, 0.3) is 0 Å². The van der Waals surface area contributed by atoms with Gasteiger partial charge in [-0.25, -0.2) is 4.98 Å². The Kier molecular flexibility index (Phi) is 4.94. The maximum Gasteiger partial charge on any atom is 0.203 e. The first-order valence-electron chi connectivity index (χ1n) is 8.49. The molecule has 0 radical (unpaired) electrons. The van der Waals surface area contributed by atoms with Crippen LogP contribution in [0.15, 0.2) is 18.7 Å². The summed E-state index contributed by atoms with van der Waals surface area (Å²) in [6.07, 6.45) is 6.74. The van der Waals surface area contributed by atoms with E-state index in [-0.39, 0.29) is 12.4 Å². The van der Waals surface area contributed by atoms with E-state index in [1.54, 1.807) is 6.33 Å². The highest BCUT2D eigenvalue weighted by Crippen LogP contribution is 2.28. The molecule has 8 heteroatoms.